The average Bonchev–Trinajstić information content (AvgIpc) is 3.42. The van der Waals surface area contributed by atoms with Gasteiger partial charge in [-0.05, 0) is 120 Å². The largest absolute Gasteiger partial charge is 0.493 e. The summed E-state index contributed by atoms with van der Waals surface area (Å²) in [5.74, 6) is 1.12. The van der Waals surface area contributed by atoms with Crippen LogP contribution in [0, 0.1) is 12.3 Å². The summed E-state index contributed by atoms with van der Waals surface area (Å²) >= 11 is 0. The van der Waals surface area contributed by atoms with E-state index in [1.165, 1.54) is 57.3 Å². The Morgan fingerprint density at radius 3 is 2.56 bits per heavy atom. The number of pyridine rings is 2. The Hall–Kier alpha value is -4.02. The highest BCUT2D eigenvalue weighted by Crippen LogP contribution is 2.44. The van der Waals surface area contributed by atoms with Gasteiger partial charge in [0.05, 0.1) is 35.0 Å². The highest BCUT2D eigenvalue weighted by molar-refractivity contribution is 6.05. The first-order valence-corrected chi connectivity index (χ1v) is 17.9. The molecule has 8 rings (SSSR count). The van der Waals surface area contributed by atoms with Gasteiger partial charge in [0.25, 0.3) is 5.91 Å². The first kappa shape index (κ1) is 31.3. The van der Waals surface area contributed by atoms with Crippen LogP contribution in [0.15, 0.2) is 48.8 Å². The lowest BCUT2D eigenvalue weighted by molar-refractivity contribution is -0.0480. The lowest BCUT2D eigenvalue weighted by Gasteiger charge is -2.51. The van der Waals surface area contributed by atoms with Crippen LogP contribution in [-0.2, 0) is 11.3 Å². The van der Waals surface area contributed by atoms with Crippen LogP contribution in [-0.4, -0.2) is 82.4 Å². The van der Waals surface area contributed by atoms with Crippen molar-refractivity contribution >= 4 is 28.6 Å². The van der Waals surface area contributed by atoms with E-state index in [0.29, 0.717) is 35.3 Å². The van der Waals surface area contributed by atoms with Crippen LogP contribution in [0.3, 0.4) is 0 Å². The number of carbonyl (C=O) groups is 1. The van der Waals surface area contributed by atoms with E-state index in [0.717, 1.165) is 73.0 Å². The first-order chi connectivity index (χ1) is 23.5. The van der Waals surface area contributed by atoms with Crippen molar-refractivity contribution in [3.63, 3.8) is 0 Å². The van der Waals surface area contributed by atoms with Crippen LogP contribution in [0.5, 0.6) is 5.75 Å². The van der Waals surface area contributed by atoms with E-state index < -0.39 is 0 Å². The number of nitrogens with zero attached hydrogens (tertiary/aromatic N) is 6. The number of anilines is 2. The number of hydrogen-bond donors (Lipinski definition) is 1. The molecule has 1 saturated carbocycles. The number of likely N-dealkylation sites (tertiary alicyclic amines) is 1. The van der Waals surface area contributed by atoms with Crippen LogP contribution in [0.2, 0.25) is 0 Å². The van der Waals surface area contributed by atoms with Crippen molar-refractivity contribution < 1.29 is 14.3 Å². The normalized spacial score (nSPS) is 23.3. The second kappa shape index (κ2) is 13.1. The molecule has 1 aromatic carbocycles. The van der Waals surface area contributed by atoms with Gasteiger partial charge in [-0.15, -0.1) is 0 Å². The standard InChI is InChI=1S/C38H47N7O3/c1-26-20-27-21-33(40-26)31-25-39-13-8-35(31)48-19-5-3-4-14-45-34-24-28(6-7-32(34)41-37(45)42-36(27)46)43-15-9-38(10-16-43)11-17-44(18-12-38)29-22-30(23-29)47-2/h6-8,13,20-21,24-25,29-30H,3-5,9-12,14-19,22-23H2,1-2H3,(H,41,42,46). The molecule has 4 aliphatic rings. The third kappa shape index (κ3) is 6.16. The van der Waals surface area contributed by atoms with Gasteiger partial charge >= 0.3 is 0 Å². The monoisotopic (exact) mass is 649 g/mol. The Balaban J connectivity index is 1.01. The highest BCUT2D eigenvalue weighted by Gasteiger charge is 2.41. The third-order valence-electron chi connectivity index (χ3n) is 11.5. The zero-order chi connectivity index (χ0) is 32.7. The molecule has 3 aliphatic heterocycles. The summed E-state index contributed by atoms with van der Waals surface area (Å²) in [7, 11) is 1.85. The fourth-order valence-electron chi connectivity index (χ4n) is 8.30. The molecule has 6 heterocycles. The van der Waals surface area contributed by atoms with E-state index in [1.54, 1.807) is 12.4 Å². The number of ether oxygens (including phenoxy) is 2. The zero-order valence-electron chi connectivity index (χ0n) is 28.3. The van der Waals surface area contributed by atoms with Crippen molar-refractivity contribution in [1.82, 2.24) is 24.4 Å². The minimum absolute atomic E-state index is 0.206. The molecular weight excluding hydrogens is 602 g/mol. The number of methoxy groups -OCH3 is 1. The quantitative estimate of drug-likeness (QED) is 0.270. The Morgan fingerprint density at radius 2 is 1.75 bits per heavy atom. The Morgan fingerprint density at radius 1 is 0.938 bits per heavy atom. The van der Waals surface area contributed by atoms with Crippen LogP contribution in [0.25, 0.3) is 22.3 Å². The molecule has 0 atom stereocenters. The molecule has 10 nitrogen and oxygen atoms in total. The second-order valence-corrected chi connectivity index (χ2v) is 14.4. The van der Waals surface area contributed by atoms with Crippen molar-refractivity contribution in [3.8, 4) is 17.0 Å². The third-order valence-corrected chi connectivity index (χ3v) is 11.5. The number of aryl methyl sites for hydroxylation is 2. The molecule has 1 spiro atoms. The van der Waals surface area contributed by atoms with Gasteiger partial charge in [0.15, 0.2) is 0 Å². The van der Waals surface area contributed by atoms with Gasteiger partial charge in [0.1, 0.15) is 5.75 Å². The van der Waals surface area contributed by atoms with E-state index >= 15 is 0 Å². The van der Waals surface area contributed by atoms with Crippen LogP contribution >= 0.6 is 0 Å². The molecule has 48 heavy (non-hydrogen) atoms. The predicted molar refractivity (Wildman–Crippen MR) is 188 cm³/mol. The molecule has 252 valence electrons. The molecule has 1 aliphatic carbocycles. The number of imidazole rings is 1. The van der Waals surface area contributed by atoms with Gasteiger partial charge in [-0.25, -0.2) is 4.98 Å². The summed E-state index contributed by atoms with van der Waals surface area (Å²) in [4.78, 5) is 33.0. The average molecular weight is 650 g/mol. The van der Waals surface area contributed by atoms with Crippen LogP contribution in [0.4, 0.5) is 11.6 Å². The number of benzene rings is 1. The molecule has 1 N–H and O–H groups in total. The Labute approximate surface area is 282 Å². The van der Waals surface area contributed by atoms with Gasteiger partial charge in [0.2, 0.25) is 5.95 Å². The molecule has 4 aromatic rings. The molecule has 3 aromatic heterocycles. The van der Waals surface area contributed by atoms with Gasteiger partial charge in [-0.1, -0.05) is 0 Å². The van der Waals surface area contributed by atoms with E-state index in [1.807, 2.05) is 32.2 Å². The van der Waals surface area contributed by atoms with Crippen molar-refractivity contribution in [1.29, 1.82) is 0 Å². The van der Waals surface area contributed by atoms with E-state index in [4.69, 9.17) is 19.4 Å². The fraction of sp³-hybridized carbons (Fsp3) is 0.526. The number of nitrogens with one attached hydrogen (secondary N) is 1. The number of rotatable bonds is 3. The Bertz CT molecular complexity index is 1780. The molecular formula is C38H47N7O3. The molecule has 0 unspecified atom stereocenters. The maximum absolute atomic E-state index is 13.7. The number of piperidine rings is 2. The van der Waals surface area contributed by atoms with Crippen molar-refractivity contribution in [2.75, 3.05) is 50.1 Å². The summed E-state index contributed by atoms with van der Waals surface area (Å²) in [6.07, 6.45) is 14.4. The topological polar surface area (TPSA) is 97.6 Å². The summed E-state index contributed by atoms with van der Waals surface area (Å²) in [5, 5.41) is 3.16. The highest BCUT2D eigenvalue weighted by atomic mass is 16.5. The van der Waals surface area contributed by atoms with Crippen molar-refractivity contribution in [2.24, 2.45) is 5.41 Å². The lowest BCUT2D eigenvalue weighted by atomic mass is 9.70. The number of amides is 1. The minimum atomic E-state index is -0.206. The molecule has 0 radical (unpaired) electrons. The van der Waals surface area contributed by atoms with E-state index in [2.05, 4.69) is 42.9 Å². The van der Waals surface area contributed by atoms with Crippen LogP contribution in [0.1, 0.15) is 73.8 Å². The fourth-order valence-corrected chi connectivity index (χ4v) is 8.30. The zero-order valence-corrected chi connectivity index (χ0v) is 28.3. The number of aromatic nitrogens is 4. The predicted octanol–water partition coefficient (Wildman–Crippen LogP) is 6.48. The molecule has 2 bridgehead atoms. The van der Waals surface area contributed by atoms with Crippen molar-refractivity contribution in [2.45, 2.75) is 83.4 Å². The molecule has 2 saturated heterocycles. The maximum Gasteiger partial charge on any atom is 0.258 e. The summed E-state index contributed by atoms with van der Waals surface area (Å²) in [6, 6.07) is 12.8. The smallest absolute Gasteiger partial charge is 0.258 e. The molecule has 1 amide bonds. The van der Waals surface area contributed by atoms with E-state index in [-0.39, 0.29) is 5.91 Å². The first-order valence-electron chi connectivity index (χ1n) is 17.9. The summed E-state index contributed by atoms with van der Waals surface area (Å²) < 4.78 is 13.9. The van der Waals surface area contributed by atoms with Gasteiger partial charge in [0, 0.05) is 62.1 Å². The SMILES string of the molecule is COC1CC(N2CCC3(CCN(c4ccc5nc6n(c5c4)CCCCCOc4ccncc4-c4cc(cc(C)n4)C(=O)N6)CC3)CC2)C1. The van der Waals surface area contributed by atoms with Crippen molar-refractivity contribution in [3.05, 3.63) is 60.0 Å². The molecule has 3 fully saturated rings. The number of fused-ring (bicyclic) bond motifs is 7. The minimum Gasteiger partial charge on any atom is -0.493 e. The maximum atomic E-state index is 13.7. The van der Waals surface area contributed by atoms with E-state index in [9.17, 15) is 4.79 Å². The molecule has 10 heteroatoms. The number of carbonyl (C=O) groups excluding carboxylic acids is 1. The second-order valence-electron chi connectivity index (χ2n) is 14.4. The van der Waals surface area contributed by atoms with Gasteiger partial charge in [-0.3, -0.25) is 20.1 Å². The summed E-state index contributed by atoms with van der Waals surface area (Å²) in [6.45, 7) is 7.91. The van der Waals surface area contributed by atoms with Gasteiger partial charge < -0.3 is 23.8 Å². The van der Waals surface area contributed by atoms with Crippen LogP contribution < -0.4 is 15.0 Å². The van der Waals surface area contributed by atoms with Gasteiger partial charge in [-0.2, -0.15) is 0 Å². The Kier molecular flexibility index (Phi) is 8.54. The lowest BCUT2D eigenvalue weighted by Crippen LogP contribution is -2.53. The summed E-state index contributed by atoms with van der Waals surface area (Å²) in [5.41, 5.74) is 6.43. The number of hydrogen-bond acceptors (Lipinski definition) is 8.